The van der Waals surface area contributed by atoms with Crippen molar-refractivity contribution in [2.45, 2.75) is 6.92 Å². The van der Waals surface area contributed by atoms with E-state index in [0.717, 1.165) is 0 Å². The summed E-state index contributed by atoms with van der Waals surface area (Å²) in [4.78, 5) is 11.3. The molecule has 0 aliphatic carbocycles. The fourth-order valence-electron chi connectivity index (χ4n) is 1.12. The predicted molar refractivity (Wildman–Crippen MR) is 50.5 cm³/mol. The molecule has 0 saturated heterocycles. The third kappa shape index (κ3) is 1.80. The zero-order chi connectivity index (χ0) is 10.8. The number of tetrazole rings is 1. The Kier molecular flexibility index (Phi) is 2.13. The van der Waals surface area contributed by atoms with Gasteiger partial charge in [0.2, 0.25) is 0 Å². The summed E-state index contributed by atoms with van der Waals surface area (Å²) in [5, 5.41) is 21.9. The van der Waals surface area contributed by atoms with Crippen molar-refractivity contribution in [1.29, 1.82) is 0 Å². The molecule has 76 valence electrons. The minimum Gasteiger partial charge on any atom is -0.258 e. The van der Waals surface area contributed by atoms with Crippen LogP contribution >= 0.6 is 0 Å². The van der Waals surface area contributed by atoms with Crippen molar-refractivity contribution in [3.8, 4) is 5.69 Å². The highest BCUT2D eigenvalue weighted by atomic mass is 16.6. The number of rotatable bonds is 2. The molecule has 0 saturated carbocycles. The number of nitro groups is 1. The maximum Gasteiger partial charge on any atom is 0.271 e. The minimum absolute atomic E-state index is 0.00227. The van der Waals surface area contributed by atoms with Crippen LogP contribution in [0.15, 0.2) is 24.3 Å². The average Bonchev–Trinajstić information content (AvgIpc) is 2.65. The first-order valence-electron chi connectivity index (χ1n) is 4.18. The van der Waals surface area contributed by atoms with E-state index in [1.54, 1.807) is 19.1 Å². The molecule has 0 radical (unpaired) electrons. The molecule has 0 aliphatic heterocycles. The molecule has 2 aromatic rings. The Balaban J connectivity index is 2.45. The standard InChI is InChI=1S/C8H7N5O2/c1-6-9-11-12(10-6)7-3-2-4-8(5-7)13(14)15/h2-5H,1H3. The van der Waals surface area contributed by atoms with Gasteiger partial charge in [-0.3, -0.25) is 10.1 Å². The van der Waals surface area contributed by atoms with Gasteiger partial charge in [0, 0.05) is 12.1 Å². The van der Waals surface area contributed by atoms with E-state index < -0.39 is 4.92 Å². The van der Waals surface area contributed by atoms with Gasteiger partial charge in [0.25, 0.3) is 5.69 Å². The molecule has 15 heavy (non-hydrogen) atoms. The lowest BCUT2D eigenvalue weighted by Crippen LogP contribution is -1.99. The van der Waals surface area contributed by atoms with Crippen molar-refractivity contribution < 1.29 is 4.92 Å². The SMILES string of the molecule is Cc1nnn(-c2cccc([N+](=O)[O-])c2)n1. The van der Waals surface area contributed by atoms with E-state index in [2.05, 4.69) is 15.4 Å². The Morgan fingerprint density at radius 1 is 1.47 bits per heavy atom. The summed E-state index contributed by atoms with van der Waals surface area (Å²) in [6, 6.07) is 6.05. The molecule has 7 heteroatoms. The summed E-state index contributed by atoms with van der Waals surface area (Å²) in [6.07, 6.45) is 0. The summed E-state index contributed by atoms with van der Waals surface area (Å²) >= 11 is 0. The number of aromatic nitrogens is 4. The Morgan fingerprint density at radius 3 is 2.87 bits per heavy atom. The number of aryl methyl sites for hydroxylation is 1. The van der Waals surface area contributed by atoms with Gasteiger partial charge in [-0.25, -0.2) is 0 Å². The van der Waals surface area contributed by atoms with Crippen LogP contribution in [0.4, 0.5) is 5.69 Å². The van der Waals surface area contributed by atoms with Crippen LogP contribution < -0.4 is 0 Å². The van der Waals surface area contributed by atoms with Crippen molar-refractivity contribution in [2.24, 2.45) is 0 Å². The third-order valence-electron chi connectivity index (χ3n) is 1.79. The lowest BCUT2D eigenvalue weighted by Gasteiger charge is -1.97. The summed E-state index contributed by atoms with van der Waals surface area (Å²) < 4.78 is 0. The molecule has 2 rings (SSSR count). The van der Waals surface area contributed by atoms with E-state index in [1.807, 2.05) is 0 Å². The number of nitro benzene ring substituents is 1. The van der Waals surface area contributed by atoms with Crippen LogP contribution in [0.5, 0.6) is 0 Å². The van der Waals surface area contributed by atoms with Crippen molar-refractivity contribution in [3.05, 3.63) is 40.2 Å². The molecule has 1 aromatic carbocycles. The summed E-state index contributed by atoms with van der Waals surface area (Å²) in [5.74, 6) is 0.515. The van der Waals surface area contributed by atoms with Gasteiger partial charge in [0.05, 0.1) is 10.6 Å². The fourth-order valence-corrected chi connectivity index (χ4v) is 1.12. The van der Waals surface area contributed by atoms with E-state index in [4.69, 9.17) is 0 Å². The van der Waals surface area contributed by atoms with Crippen molar-refractivity contribution in [1.82, 2.24) is 20.2 Å². The quantitative estimate of drug-likeness (QED) is 0.536. The highest BCUT2D eigenvalue weighted by Crippen LogP contribution is 2.14. The summed E-state index contributed by atoms with van der Waals surface area (Å²) in [5.41, 5.74) is 0.521. The molecule has 0 N–H and O–H groups in total. The van der Waals surface area contributed by atoms with Gasteiger partial charge < -0.3 is 0 Å². The molecule has 7 nitrogen and oxygen atoms in total. The van der Waals surface area contributed by atoms with Gasteiger partial charge in [-0.05, 0) is 18.2 Å². The Labute approximate surface area is 84.5 Å². The number of benzene rings is 1. The second-order valence-corrected chi connectivity index (χ2v) is 2.90. The van der Waals surface area contributed by atoms with Crippen molar-refractivity contribution in [3.63, 3.8) is 0 Å². The molecule has 0 bridgehead atoms. The van der Waals surface area contributed by atoms with Crippen molar-refractivity contribution in [2.75, 3.05) is 0 Å². The Hall–Kier alpha value is -2.31. The van der Waals surface area contributed by atoms with Gasteiger partial charge in [-0.15, -0.1) is 15.0 Å². The molecule has 1 heterocycles. The third-order valence-corrected chi connectivity index (χ3v) is 1.79. The second kappa shape index (κ2) is 3.45. The van der Waals surface area contributed by atoms with Crippen LogP contribution in [0.2, 0.25) is 0 Å². The minimum atomic E-state index is -0.465. The van der Waals surface area contributed by atoms with E-state index in [0.29, 0.717) is 11.5 Å². The smallest absolute Gasteiger partial charge is 0.258 e. The van der Waals surface area contributed by atoms with Crippen molar-refractivity contribution >= 4 is 5.69 Å². The first-order chi connectivity index (χ1) is 7.16. The molecule has 0 fully saturated rings. The van der Waals surface area contributed by atoms with Crippen LogP contribution in [0.1, 0.15) is 5.82 Å². The molecular weight excluding hydrogens is 198 g/mol. The van der Waals surface area contributed by atoms with Crippen LogP contribution in [-0.4, -0.2) is 25.1 Å². The van der Waals surface area contributed by atoms with Crippen LogP contribution in [0.25, 0.3) is 5.69 Å². The monoisotopic (exact) mass is 205 g/mol. The molecule has 1 aromatic heterocycles. The second-order valence-electron chi connectivity index (χ2n) is 2.90. The van der Waals surface area contributed by atoms with Crippen LogP contribution in [0, 0.1) is 17.0 Å². The first-order valence-corrected chi connectivity index (χ1v) is 4.18. The first kappa shape index (κ1) is 9.25. The van der Waals surface area contributed by atoms with E-state index >= 15 is 0 Å². The highest BCUT2D eigenvalue weighted by Gasteiger charge is 2.08. The predicted octanol–water partition coefficient (Wildman–Crippen LogP) is 0.879. The fraction of sp³-hybridized carbons (Fsp3) is 0.125. The zero-order valence-electron chi connectivity index (χ0n) is 7.86. The van der Waals surface area contributed by atoms with Gasteiger partial charge in [-0.1, -0.05) is 6.07 Å². The number of non-ortho nitro benzene ring substituents is 1. The average molecular weight is 205 g/mol. The number of hydrogen-bond donors (Lipinski definition) is 0. The summed E-state index contributed by atoms with van der Waals surface area (Å²) in [7, 11) is 0. The van der Waals surface area contributed by atoms with Gasteiger partial charge in [-0.2, -0.15) is 0 Å². The zero-order valence-corrected chi connectivity index (χ0v) is 7.86. The largest absolute Gasteiger partial charge is 0.271 e. The highest BCUT2D eigenvalue weighted by molar-refractivity contribution is 5.41. The number of nitrogens with zero attached hydrogens (tertiary/aromatic N) is 5. The topological polar surface area (TPSA) is 86.7 Å². The lowest BCUT2D eigenvalue weighted by molar-refractivity contribution is -0.384. The van der Waals surface area contributed by atoms with Crippen LogP contribution in [0.3, 0.4) is 0 Å². The van der Waals surface area contributed by atoms with E-state index in [-0.39, 0.29) is 5.69 Å². The maximum atomic E-state index is 10.5. The Bertz CT molecular complexity index is 507. The maximum absolute atomic E-state index is 10.5. The molecule has 0 amide bonds. The molecule has 0 atom stereocenters. The molecular formula is C8H7N5O2. The van der Waals surface area contributed by atoms with Gasteiger partial charge in [0.15, 0.2) is 5.82 Å². The summed E-state index contributed by atoms with van der Waals surface area (Å²) in [6.45, 7) is 1.70. The molecule has 0 aliphatic rings. The molecule has 0 unspecified atom stereocenters. The Morgan fingerprint density at radius 2 is 2.27 bits per heavy atom. The van der Waals surface area contributed by atoms with Gasteiger partial charge in [0.1, 0.15) is 0 Å². The van der Waals surface area contributed by atoms with Crippen LogP contribution in [-0.2, 0) is 0 Å². The lowest BCUT2D eigenvalue weighted by atomic mass is 10.3. The number of hydrogen-bond acceptors (Lipinski definition) is 5. The van der Waals surface area contributed by atoms with Gasteiger partial charge >= 0.3 is 0 Å². The van der Waals surface area contributed by atoms with E-state index in [9.17, 15) is 10.1 Å². The van der Waals surface area contributed by atoms with E-state index in [1.165, 1.54) is 16.9 Å². The normalized spacial score (nSPS) is 10.2. The molecule has 0 spiro atoms.